The summed E-state index contributed by atoms with van der Waals surface area (Å²) in [5.74, 6) is 0.135. The Morgan fingerprint density at radius 3 is 2.68 bits per heavy atom. The van der Waals surface area contributed by atoms with Gasteiger partial charge in [0, 0.05) is 20.7 Å². The van der Waals surface area contributed by atoms with Crippen LogP contribution in [0.4, 0.5) is 0 Å². The number of nitrogens with one attached hydrogen (secondary N) is 1. The van der Waals surface area contributed by atoms with Crippen LogP contribution >= 0.6 is 0 Å². The van der Waals surface area contributed by atoms with E-state index in [4.69, 9.17) is 4.74 Å². The summed E-state index contributed by atoms with van der Waals surface area (Å²) in [7, 11) is 3.55. The second-order valence-corrected chi connectivity index (χ2v) is 5.09. The molecule has 1 heterocycles. The highest BCUT2D eigenvalue weighted by Crippen LogP contribution is 2.21. The van der Waals surface area contributed by atoms with Gasteiger partial charge >= 0.3 is 0 Å². The van der Waals surface area contributed by atoms with Crippen molar-refractivity contribution in [2.75, 3.05) is 20.7 Å². The van der Waals surface area contributed by atoms with E-state index >= 15 is 0 Å². The first kappa shape index (κ1) is 14.0. The fourth-order valence-corrected chi connectivity index (χ4v) is 2.46. The van der Waals surface area contributed by atoms with E-state index in [9.17, 15) is 4.79 Å². The number of hydrogen-bond acceptors (Lipinski definition) is 3. The van der Waals surface area contributed by atoms with Gasteiger partial charge in [-0.05, 0) is 18.9 Å². The number of amides is 1. The molecule has 0 radical (unpaired) electrons. The molecule has 4 heteroatoms. The van der Waals surface area contributed by atoms with Gasteiger partial charge < -0.3 is 15.0 Å². The minimum absolute atomic E-state index is 0.0806. The molecule has 1 saturated heterocycles. The molecule has 0 bridgehead atoms. The van der Waals surface area contributed by atoms with E-state index in [2.05, 4.69) is 24.4 Å². The lowest BCUT2D eigenvalue weighted by atomic mass is 10.1. The van der Waals surface area contributed by atoms with Gasteiger partial charge in [-0.3, -0.25) is 4.79 Å². The average molecular weight is 262 g/mol. The molecule has 0 spiro atoms. The normalized spacial score (nSPS) is 24.2. The van der Waals surface area contributed by atoms with Gasteiger partial charge in [0.25, 0.3) is 0 Å². The van der Waals surface area contributed by atoms with Crippen LogP contribution in [-0.2, 0) is 9.53 Å². The summed E-state index contributed by atoms with van der Waals surface area (Å²) in [6.07, 6.45) is 0.899. The maximum Gasteiger partial charge on any atom is 0.240 e. The van der Waals surface area contributed by atoms with E-state index < -0.39 is 0 Å². The average Bonchev–Trinajstić information content (AvgIpc) is 2.94. The Labute approximate surface area is 114 Å². The van der Waals surface area contributed by atoms with Crippen LogP contribution < -0.4 is 5.32 Å². The van der Waals surface area contributed by atoms with Crippen LogP contribution in [0.1, 0.15) is 24.9 Å². The van der Waals surface area contributed by atoms with Crippen LogP contribution in [0, 0.1) is 0 Å². The van der Waals surface area contributed by atoms with Gasteiger partial charge in [-0.15, -0.1) is 0 Å². The first-order chi connectivity index (χ1) is 9.13. The van der Waals surface area contributed by atoms with Crippen molar-refractivity contribution < 1.29 is 9.53 Å². The number of hydrogen-bond donors (Lipinski definition) is 1. The van der Waals surface area contributed by atoms with E-state index in [1.807, 2.05) is 30.1 Å². The Morgan fingerprint density at radius 2 is 2.11 bits per heavy atom. The quantitative estimate of drug-likeness (QED) is 0.896. The molecule has 1 aliphatic heterocycles. The molecule has 1 fully saturated rings. The predicted octanol–water partition coefficient (Wildman–Crippen LogP) is 1.58. The largest absolute Gasteiger partial charge is 0.380 e. The van der Waals surface area contributed by atoms with Crippen molar-refractivity contribution in [1.29, 1.82) is 0 Å². The molecular weight excluding hydrogens is 240 g/mol. The zero-order chi connectivity index (χ0) is 13.8. The third kappa shape index (κ3) is 3.14. The molecule has 4 nitrogen and oxygen atoms in total. The first-order valence-electron chi connectivity index (χ1n) is 6.71. The van der Waals surface area contributed by atoms with Gasteiger partial charge in [0.05, 0.1) is 18.2 Å². The molecule has 19 heavy (non-hydrogen) atoms. The van der Waals surface area contributed by atoms with E-state index in [0.717, 1.165) is 18.5 Å². The molecule has 3 atom stereocenters. The third-order valence-electron chi connectivity index (χ3n) is 3.93. The Hall–Kier alpha value is -1.39. The molecular formula is C15H22N2O2. The van der Waals surface area contributed by atoms with Gasteiger partial charge in [-0.1, -0.05) is 30.3 Å². The molecule has 1 aromatic carbocycles. The molecule has 0 aliphatic carbocycles. The lowest BCUT2D eigenvalue weighted by Crippen LogP contribution is -2.42. The number of methoxy groups -OCH3 is 1. The minimum atomic E-state index is -0.124. The van der Waals surface area contributed by atoms with Crippen LogP contribution in [-0.4, -0.2) is 43.7 Å². The topological polar surface area (TPSA) is 41.6 Å². The number of benzene rings is 1. The number of carbonyl (C=O) groups is 1. The van der Waals surface area contributed by atoms with Gasteiger partial charge in [0.1, 0.15) is 0 Å². The van der Waals surface area contributed by atoms with Crippen molar-refractivity contribution in [1.82, 2.24) is 10.2 Å². The first-order valence-corrected chi connectivity index (χ1v) is 6.71. The minimum Gasteiger partial charge on any atom is -0.380 e. The maximum atomic E-state index is 12.4. The molecule has 0 aromatic heterocycles. The fraction of sp³-hybridized carbons (Fsp3) is 0.533. The molecule has 2 rings (SSSR count). The Balaban J connectivity index is 1.99. The van der Waals surface area contributed by atoms with Crippen molar-refractivity contribution in [3.05, 3.63) is 35.9 Å². The van der Waals surface area contributed by atoms with E-state index in [0.29, 0.717) is 0 Å². The molecule has 3 unspecified atom stereocenters. The van der Waals surface area contributed by atoms with Gasteiger partial charge in [0.15, 0.2) is 0 Å². The van der Waals surface area contributed by atoms with Crippen LogP contribution in [0.25, 0.3) is 0 Å². The van der Waals surface area contributed by atoms with Crippen LogP contribution in [0.2, 0.25) is 0 Å². The molecule has 1 amide bonds. The highest BCUT2D eigenvalue weighted by atomic mass is 16.5. The van der Waals surface area contributed by atoms with Gasteiger partial charge in [0.2, 0.25) is 5.91 Å². The standard InChI is InChI=1S/C15H22N2O2/c1-11(12-7-5-4-6-8-12)17(2)15(18)14-9-13(19-3)10-16-14/h4-8,11,13-14,16H,9-10H2,1-3H3. The molecule has 104 valence electrons. The predicted molar refractivity (Wildman–Crippen MR) is 74.8 cm³/mol. The smallest absolute Gasteiger partial charge is 0.240 e. The maximum absolute atomic E-state index is 12.4. The summed E-state index contributed by atoms with van der Waals surface area (Å²) in [6, 6.07) is 10.0. The Kier molecular flexibility index (Phi) is 4.56. The molecule has 0 saturated carbocycles. The van der Waals surface area contributed by atoms with Crippen molar-refractivity contribution in [3.8, 4) is 0 Å². The zero-order valence-electron chi connectivity index (χ0n) is 11.8. The Bertz CT molecular complexity index is 421. The van der Waals surface area contributed by atoms with Crippen molar-refractivity contribution in [3.63, 3.8) is 0 Å². The molecule has 1 aromatic rings. The third-order valence-corrected chi connectivity index (χ3v) is 3.93. The van der Waals surface area contributed by atoms with Crippen LogP contribution in [0.3, 0.4) is 0 Å². The SMILES string of the molecule is COC1CNC(C(=O)N(C)C(C)c2ccccc2)C1. The number of ether oxygens (including phenoxy) is 1. The highest BCUT2D eigenvalue weighted by molar-refractivity contribution is 5.82. The second kappa shape index (κ2) is 6.17. The molecule has 1 aliphatic rings. The monoisotopic (exact) mass is 262 g/mol. The number of nitrogens with zero attached hydrogens (tertiary/aromatic N) is 1. The van der Waals surface area contributed by atoms with Gasteiger partial charge in [-0.2, -0.15) is 0 Å². The van der Waals surface area contributed by atoms with E-state index in [1.165, 1.54) is 0 Å². The van der Waals surface area contributed by atoms with Gasteiger partial charge in [-0.25, -0.2) is 0 Å². The fourth-order valence-electron chi connectivity index (χ4n) is 2.46. The summed E-state index contributed by atoms with van der Waals surface area (Å²) in [5.41, 5.74) is 1.15. The summed E-state index contributed by atoms with van der Waals surface area (Å²) < 4.78 is 5.28. The number of carbonyl (C=O) groups excluding carboxylic acids is 1. The second-order valence-electron chi connectivity index (χ2n) is 5.09. The number of rotatable bonds is 4. The van der Waals surface area contributed by atoms with Crippen LogP contribution in [0.15, 0.2) is 30.3 Å². The summed E-state index contributed by atoms with van der Waals surface area (Å²) in [4.78, 5) is 14.2. The number of likely N-dealkylation sites (N-methyl/N-ethyl adjacent to an activating group) is 1. The summed E-state index contributed by atoms with van der Waals surface area (Å²) >= 11 is 0. The van der Waals surface area contributed by atoms with E-state index in [1.54, 1.807) is 7.11 Å². The van der Waals surface area contributed by atoms with Crippen molar-refractivity contribution >= 4 is 5.91 Å². The Morgan fingerprint density at radius 1 is 1.42 bits per heavy atom. The lowest BCUT2D eigenvalue weighted by Gasteiger charge is -2.28. The molecule has 1 N–H and O–H groups in total. The van der Waals surface area contributed by atoms with Crippen LogP contribution in [0.5, 0.6) is 0 Å². The summed E-state index contributed by atoms with van der Waals surface area (Å²) in [5, 5.41) is 3.23. The highest BCUT2D eigenvalue weighted by Gasteiger charge is 2.32. The van der Waals surface area contributed by atoms with E-state index in [-0.39, 0.29) is 24.1 Å². The van der Waals surface area contributed by atoms with Crippen molar-refractivity contribution in [2.24, 2.45) is 0 Å². The van der Waals surface area contributed by atoms with Crippen molar-refractivity contribution in [2.45, 2.75) is 31.5 Å². The zero-order valence-corrected chi connectivity index (χ0v) is 11.8. The lowest BCUT2D eigenvalue weighted by molar-refractivity contribution is -0.133. The summed E-state index contributed by atoms with van der Waals surface area (Å²) in [6.45, 7) is 2.80.